The van der Waals surface area contributed by atoms with E-state index in [1.807, 2.05) is 0 Å². The summed E-state index contributed by atoms with van der Waals surface area (Å²) in [5, 5.41) is 2.57. The minimum atomic E-state index is -0.673. The zero-order chi connectivity index (χ0) is 9.14. The van der Waals surface area contributed by atoms with Gasteiger partial charge >= 0.3 is 0 Å². The van der Waals surface area contributed by atoms with Crippen molar-refractivity contribution in [3.8, 4) is 0 Å². The minimum Gasteiger partial charge on any atom is -0.366 e. The van der Waals surface area contributed by atoms with Crippen LogP contribution in [0.5, 0.6) is 0 Å². The van der Waals surface area contributed by atoms with E-state index in [2.05, 4.69) is 5.32 Å². The lowest BCUT2D eigenvalue weighted by molar-refractivity contribution is -0.117. The van der Waals surface area contributed by atoms with Gasteiger partial charge in [0.05, 0.1) is 0 Å². The fourth-order valence-corrected chi connectivity index (χ4v) is 0.952. The summed E-state index contributed by atoms with van der Waals surface area (Å²) in [4.78, 5) is 21.5. The van der Waals surface area contributed by atoms with Crippen molar-refractivity contribution in [3.63, 3.8) is 0 Å². The highest BCUT2D eigenvalue weighted by molar-refractivity contribution is 6.03. The molecule has 12 heavy (non-hydrogen) atoms. The summed E-state index contributed by atoms with van der Waals surface area (Å²) < 4.78 is 0. The molecule has 5 N–H and O–H groups in total. The largest absolute Gasteiger partial charge is 0.366 e. The third-order valence-corrected chi connectivity index (χ3v) is 1.51. The topological polar surface area (TPSA) is 98.2 Å². The third kappa shape index (κ3) is 1.45. The van der Waals surface area contributed by atoms with Crippen LogP contribution >= 0.6 is 0 Å². The summed E-state index contributed by atoms with van der Waals surface area (Å²) in [6, 6.07) is 0. The summed E-state index contributed by atoms with van der Waals surface area (Å²) in [6.07, 6.45) is 3.58. The first-order chi connectivity index (χ1) is 5.63. The molecule has 1 aliphatic heterocycles. The molecule has 0 radical (unpaired) electrons. The standard InChI is InChI=1S/C7H9N3O2/c8-6(11)4-2-1-3-10-5(4)7(9)12/h1,3,10H,2H2,(H2,8,11)(H2,9,12). The Morgan fingerprint density at radius 3 is 2.42 bits per heavy atom. The molecule has 0 unspecified atom stereocenters. The number of allylic oxidation sites excluding steroid dienone is 1. The molecule has 0 bridgehead atoms. The number of carbonyl (C=O) groups is 2. The Balaban J connectivity index is 3.01. The lowest BCUT2D eigenvalue weighted by Crippen LogP contribution is -2.30. The fraction of sp³-hybridized carbons (Fsp3) is 0.143. The molecule has 0 atom stereocenters. The summed E-state index contributed by atoms with van der Waals surface area (Å²) >= 11 is 0. The second-order valence-corrected chi connectivity index (χ2v) is 2.33. The van der Waals surface area contributed by atoms with Crippen LogP contribution in [0.1, 0.15) is 6.42 Å². The van der Waals surface area contributed by atoms with E-state index in [0.29, 0.717) is 6.42 Å². The first kappa shape index (κ1) is 8.32. The van der Waals surface area contributed by atoms with Gasteiger partial charge in [0, 0.05) is 5.57 Å². The highest BCUT2D eigenvalue weighted by atomic mass is 16.2. The van der Waals surface area contributed by atoms with E-state index in [1.165, 1.54) is 0 Å². The molecule has 0 aromatic heterocycles. The molecule has 1 aliphatic rings. The maximum absolute atomic E-state index is 10.8. The van der Waals surface area contributed by atoms with E-state index < -0.39 is 11.8 Å². The van der Waals surface area contributed by atoms with Crippen LogP contribution in [0.25, 0.3) is 0 Å². The van der Waals surface area contributed by atoms with Crippen LogP contribution in [0.15, 0.2) is 23.5 Å². The molecule has 0 fully saturated rings. The number of hydrogen-bond donors (Lipinski definition) is 3. The van der Waals surface area contributed by atoms with Crippen molar-refractivity contribution in [2.24, 2.45) is 11.5 Å². The van der Waals surface area contributed by atoms with Gasteiger partial charge in [0.2, 0.25) is 5.91 Å². The number of nitrogens with one attached hydrogen (secondary N) is 1. The molecule has 0 aromatic rings. The second kappa shape index (κ2) is 3.08. The summed E-state index contributed by atoms with van der Waals surface area (Å²) in [5.41, 5.74) is 10.3. The van der Waals surface area contributed by atoms with Crippen LogP contribution < -0.4 is 16.8 Å². The van der Waals surface area contributed by atoms with Crippen LogP contribution in [0.4, 0.5) is 0 Å². The number of carbonyl (C=O) groups excluding carboxylic acids is 2. The van der Waals surface area contributed by atoms with E-state index >= 15 is 0 Å². The van der Waals surface area contributed by atoms with Gasteiger partial charge in [0.15, 0.2) is 0 Å². The van der Waals surface area contributed by atoms with Gasteiger partial charge in [-0.05, 0) is 12.6 Å². The Labute approximate surface area is 69.1 Å². The van der Waals surface area contributed by atoms with Crippen molar-refractivity contribution in [3.05, 3.63) is 23.5 Å². The maximum atomic E-state index is 10.8. The predicted molar refractivity (Wildman–Crippen MR) is 42.3 cm³/mol. The Morgan fingerprint density at radius 1 is 1.33 bits per heavy atom. The van der Waals surface area contributed by atoms with Crippen molar-refractivity contribution in [2.45, 2.75) is 6.42 Å². The number of nitrogens with two attached hydrogens (primary N) is 2. The number of amides is 2. The zero-order valence-electron chi connectivity index (χ0n) is 6.33. The Morgan fingerprint density at radius 2 is 2.00 bits per heavy atom. The lowest BCUT2D eigenvalue weighted by atomic mass is 10.1. The molecule has 5 heteroatoms. The number of primary amides is 2. The first-order valence-electron chi connectivity index (χ1n) is 3.37. The molecule has 0 spiro atoms. The van der Waals surface area contributed by atoms with Gasteiger partial charge in [-0.1, -0.05) is 6.08 Å². The van der Waals surface area contributed by atoms with E-state index in [9.17, 15) is 9.59 Å². The van der Waals surface area contributed by atoms with Gasteiger partial charge in [-0.15, -0.1) is 0 Å². The molecule has 0 aliphatic carbocycles. The highest BCUT2D eigenvalue weighted by Crippen LogP contribution is 2.10. The summed E-state index contributed by atoms with van der Waals surface area (Å²) in [5.74, 6) is -1.30. The molecule has 1 rings (SSSR count). The Kier molecular flexibility index (Phi) is 2.14. The first-order valence-corrected chi connectivity index (χ1v) is 3.37. The van der Waals surface area contributed by atoms with Crippen LogP contribution in [0.2, 0.25) is 0 Å². The molecule has 2 amide bonds. The van der Waals surface area contributed by atoms with Crippen molar-refractivity contribution < 1.29 is 9.59 Å². The molecular formula is C7H9N3O2. The van der Waals surface area contributed by atoms with Crippen LogP contribution in [0, 0.1) is 0 Å². The van der Waals surface area contributed by atoms with Crippen molar-refractivity contribution in [1.82, 2.24) is 5.32 Å². The molecule has 5 nitrogen and oxygen atoms in total. The fourth-order valence-electron chi connectivity index (χ4n) is 0.952. The van der Waals surface area contributed by atoms with Crippen LogP contribution in [-0.2, 0) is 9.59 Å². The molecule has 0 aromatic carbocycles. The molecule has 1 heterocycles. The van der Waals surface area contributed by atoms with Crippen LogP contribution in [-0.4, -0.2) is 11.8 Å². The third-order valence-electron chi connectivity index (χ3n) is 1.51. The van der Waals surface area contributed by atoms with Crippen molar-refractivity contribution in [2.75, 3.05) is 0 Å². The molecular weight excluding hydrogens is 158 g/mol. The number of rotatable bonds is 2. The van der Waals surface area contributed by atoms with E-state index in [-0.39, 0.29) is 11.3 Å². The smallest absolute Gasteiger partial charge is 0.265 e. The monoisotopic (exact) mass is 167 g/mol. The number of dihydropyridines is 1. The van der Waals surface area contributed by atoms with E-state index in [4.69, 9.17) is 11.5 Å². The average molecular weight is 167 g/mol. The quantitative estimate of drug-likeness (QED) is 0.477. The predicted octanol–water partition coefficient (Wildman–Crippen LogP) is -1.28. The molecule has 0 saturated carbocycles. The lowest BCUT2D eigenvalue weighted by Gasteiger charge is -2.12. The maximum Gasteiger partial charge on any atom is 0.265 e. The van der Waals surface area contributed by atoms with Crippen LogP contribution in [0.3, 0.4) is 0 Å². The Bertz CT molecular complexity index is 263. The van der Waals surface area contributed by atoms with Gasteiger partial charge in [-0.2, -0.15) is 0 Å². The second-order valence-electron chi connectivity index (χ2n) is 2.33. The zero-order valence-corrected chi connectivity index (χ0v) is 6.33. The van der Waals surface area contributed by atoms with Crippen molar-refractivity contribution >= 4 is 11.8 Å². The van der Waals surface area contributed by atoms with Gasteiger partial charge in [0.1, 0.15) is 5.70 Å². The molecule has 64 valence electrons. The van der Waals surface area contributed by atoms with Gasteiger partial charge in [-0.25, -0.2) is 0 Å². The number of hydrogen-bond acceptors (Lipinski definition) is 3. The van der Waals surface area contributed by atoms with Crippen molar-refractivity contribution in [1.29, 1.82) is 0 Å². The van der Waals surface area contributed by atoms with E-state index in [1.54, 1.807) is 12.3 Å². The average Bonchev–Trinajstić information content (AvgIpc) is 2.04. The normalized spacial score (nSPS) is 15.7. The Hall–Kier alpha value is -1.78. The van der Waals surface area contributed by atoms with Gasteiger partial charge in [-0.3, -0.25) is 9.59 Å². The minimum absolute atomic E-state index is 0.0880. The van der Waals surface area contributed by atoms with Gasteiger partial charge in [0.25, 0.3) is 5.91 Å². The van der Waals surface area contributed by atoms with E-state index in [0.717, 1.165) is 0 Å². The SMILES string of the molecule is NC(=O)C1=C(C(N)=O)NC=CC1. The highest BCUT2D eigenvalue weighted by Gasteiger charge is 2.17. The molecule has 0 saturated heterocycles. The summed E-state index contributed by atoms with van der Waals surface area (Å²) in [6.45, 7) is 0. The van der Waals surface area contributed by atoms with Gasteiger partial charge < -0.3 is 16.8 Å². The summed E-state index contributed by atoms with van der Waals surface area (Å²) in [7, 11) is 0.